The minimum absolute atomic E-state index is 0.0573. The first-order valence-corrected chi connectivity index (χ1v) is 11.6. The standard InChI is InChI=1S/C25H17ClFN3O4S/c1-12-9-19-17(11-15(12)26)29-25(35-19)30-21(16-5-3-4-8-28-16)20(23(32)24(30)33)22(31)14-10-13(27)6-7-18(14)34-2/h3-11,21,31H,1-2H3/b22-20+. The second kappa shape index (κ2) is 8.75. The van der Waals surface area contributed by atoms with Crippen molar-refractivity contribution in [2.75, 3.05) is 12.0 Å². The van der Waals surface area contributed by atoms with Crippen molar-refractivity contribution in [2.45, 2.75) is 13.0 Å². The summed E-state index contributed by atoms with van der Waals surface area (Å²) in [4.78, 5) is 36.7. The van der Waals surface area contributed by atoms with E-state index in [1.54, 1.807) is 24.3 Å². The molecular formula is C25H17ClFN3O4S. The maximum atomic E-state index is 14.1. The van der Waals surface area contributed by atoms with Gasteiger partial charge in [0, 0.05) is 11.2 Å². The number of Topliss-reactive ketones (excluding diaryl/α,β-unsaturated/α-hetero) is 1. The molecule has 176 valence electrons. The molecule has 1 fully saturated rings. The van der Waals surface area contributed by atoms with Crippen LogP contribution in [0.3, 0.4) is 0 Å². The van der Waals surface area contributed by atoms with Gasteiger partial charge in [0.2, 0.25) is 0 Å². The van der Waals surface area contributed by atoms with Gasteiger partial charge in [0.05, 0.1) is 34.2 Å². The number of hydrogen-bond donors (Lipinski definition) is 1. The molecule has 0 saturated carbocycles. The van der Waals surface area contributed by atoms with E-state index in [1.807, 2.05) is 13.0 Å². The summed E-state index contributed by atoms with van der Waals surface area (Å²) in [6.45, 7) is 1.85. The number of carbonyl (C=O) groups is 2. The number of methoxy groups -OCH3 is 1. The molecule has 3 heterocycles. The molecule has 1 N–H and O–H groups in total. The summed E-state index contributed by atoms with van der Waals surface area (Å²) in [5.41, 5.74) is 1.44. The van der Waals surface area contributed by atoms with E-state index in [-0.39, 0.29) is 22.0 Å². The summed E-state index contributed by atoms with van der Waals surface area (Å²) < 4.78 is 20.1. The van der Waals surface area contributed by atoms with Crippen molar-refractivity contribution in [3.05, 3.63) is 88.0 Å². The van der Waals surface area contributed by atoms with Gasteiger partial charge in [-0.3, -0.25) is 19.5 Å². The topological polar surface area (TPSA) is 92.6 Å². The average molecular weight is 510 g/mol. The van der Waals surface area contributed by atoms with E-state index < -0.39 is 29.3 Å². The van der Waals surface area contributed by atoms with Gasteiger partial charge < -0.3 is 9.84 Å². The van der Waals surface area contributed by atoms with E-state index in [1.165, 1.54) is 41.7 Å². The molecule has 2 aromatic carbocycles. The second-order valence-corrected chi connectivity index (χ2v) is 9.25. The summed E-state index contributed by atoms with van der Waals surface area (Å²) >= 11 is 7.45. The normalized spacial score (nSPS) is 17.4. The Labute approximate surface area is 208 Å². The van der Waals surface area contributed by atoms with Crippen LogP contribution in [0.25, 0.3) is 16.0 Å². The Morgan fingerprint density at radius 2 is 2.00 bits per heavy atom. The number of pyridine rings is 1. The minimum atomic E-state index is -1.10. The molecule has 1 saturated heterocycles. The number of hydrogen-bond acceptors (Lipinski definition) is 7. The summed E-state index contributed by atoms with van der Waals surface area (Å²) in [7, 11) is 1.35. The SMILES string of the molecule is COc1ccc(F)cc1/C(O)=C1\C(=O)C(=O)N(c2nc3cc(Cl)c(C)cc3s2)C1c1ccccn1. The first-order valence-electron chi connectivity index (χ1n) is 10.4. The van der Waals surface area contributed by atoms with Crippen LogP contribution in [0, 0.1) is 12.7 Å². The number of thiazole rings is 1. The van der Waals surface area contributed by atoms with Crippen LogP contribution in [0.1, 0.15) is 22.9 Å². The number of rotatable bonds is 4. The van der Waals surface area contributed by atoms with Gasteiger partial charge in [0.15, 0.2) is 5.13 Å². The number of amides is 1. The molecule has 0 radical (unpaired) electrons. The van der Waals surface area contributed by atoms with Crippen molar-refractivity contribution in [2.24, 2.45) is 0 Å². The van der Waals surface area contributed by atoms with Gasteiger partial charge in [0.1, 0.15) is 23.4 Å². The number of aromatic nitrogens is 2. The Bertz CT molecular complexity index is 1500. The van der Waals surface area contributed by atoms with E-state index in [4.69, 9.17) is 16.3 Å². The molecule has 1 unspecified atom stereocenters. The number of carbonyl (C=O) groups excluding carboxylic acids is 2. The smallest absolute Gasteiger partial charge is 0.301 e. The van der Waals surface area contributed by atoms with Crippen LogP contribution in [0.15, 0.2) is 60.3 Å². The van der Waals surface area contributed by atoms with Gasteiger partial charge in [-0.05, 0) is 55.0 Å². The zero-order valence-electron chi connectivity index (χ0n) is 18.5. The highest BCUT2D eigenvalue weighted by atomic mass is 35.5. The lowest BCUT2D eigenvalue weighted by Gasteiger charge is -2.22. The fraction of sp³-hybridized carbons (Fsp3) is 0.120. The zero-order valence-corrected chi connectivity index (χ0v) is 20.0. The number of benzene rings is 2. The molecule has 1 amide bonds. The van der Waals surface area contributed by atoms with Crippen LogP contribution in [0.4, 0.5) is 9.52 Å². The summed E-state index contributed by atoms with van der Waals surface area (Å²) in [6, 6.07) is 11.0. The maximum absolute atomic E-state index is 14.1. The predicted octanol–water partition coefficient (Wildman–Crippen LogP) is 5.43. The lowest BCUT2D eigenvalue weighted by atomic mass is 9.98. The molecule has 5 rings (SSSR count). The van der Waals surface area contributed by atoms with Crippen molar-refractivity contribution < 1.29 is 23.8 Å². The fourth-order valence-electron chi connectivity index (χ4n) is 4.00. The molecule has 10 heteroatoms. The van der Waals surface area contributed by atoms with Gasteiger partial charge in [0.25, 0.3) is 5.78 Å². The van der Waals surface area contributed by atoms with Crippen LogP contribution >= 0.6 is 22.9 Å². The maximum Gasteiger partial charge on any atom is 0.301 e. The average Bonchev–Trinajstić information content (AvgIpc) is 3.37. The zero-order chi connectivity index (χ0) is 24.9. The molecule has 0 spiro atoms. The van der Waals surface area contributed by atoms with Gasteiger partial charge >= 0.3 is 5.91 Å². The van der Waals surface area contributed by atoms with Crippen LogP contribution in [-0.2, 0) is 9.59 Å². The number of nitrogens with zero attached hydrogens (tertiary/aromatic N) is 3. The first-order chi connectivity index (χ1) is 16.8. The second-order valence-electron chi connectivity index (χ2n) is 7.83. The lowest BCUT2D eigenvalue weighted by molar-refractivity contribution is -0.132. The molecular weight excluding hydrogens is 493 g/mol. The highest BCUT2D eigenvalue weighted by Gasteiger charge is 2.49. The molecule has 4 aromatic rings. The fourth-order valence-corrected chi connectivity index (χ4v) is 5.23. The molecule has 0 bridgehead atoms. The third-order valence-corrected chi connectivity index (χ3v) is 7.12. The Balaban J connectivity index is 1.75. The van der Waals surface area contributed by atoms with E-state index in [2.05, 4.69) is 9.97 Å². The number of anilines is 1. The number of aliphatic hydroxyl groups is 1. The number of ketones is 1. The Kier molecular flexibility index (Phi) is 5.74. The van der Waals surface area contributed by atoms with Crippen LogP contribution in [0.5, 0.6) is 5.75 Å². The van der Waals surface area contributed by atoms with Crippen molar-refractivity contribution in [3.8, 4) is 5.75 Å². The molecule has 1 atom stereocenters. The van der Waals surface area contributed by atoms with E-state index >= 15 is 0 Å². The number of aryl methyl sites for hydroxylation is 1. The minimum Gasteiger partial charge on any atom is -0.507 e. The van der Waals surface area contributed by atoms with Crippen molar-refractivity contribution in [1.82, 2.24) is 9.97 Å². The van der Waals surface area contributed by atoms with Crippen molar-refractivity contribution >= 4 is 55.7 Å². The molecule has 2 aromatic heterocycles. The monoisotopic (exact) mass is 509 g/mol. The van der Waals surface area contributed by atoms with Crippen molar-refractivity contribution in [3.63, 3.8) is 0 Å². The van der Waals surface area contributed by atoms with Gasteiger partial charge in [-0.1, -0.05) is 29.0 Å². The largest absolute Gasteiger partial charge is 0.507 e. The van der Waals surface area contributed by atoms with E-state index in [0.717, 1.165) is 16.3 Å². The van der Waals surface area contributed by atoms with Crippen molar-refractivity contribution in [1.29, 1.82) is 0 Å². The highest BCUT2D eigenvalue weighted by Crippen LogP contribution is 2.45. The molecule has 35 heavy (non-hydrogen) atoms. The lowest BCUT2D eigenvalue weighted by Crippen LogP contribution is -2.29. The predicted molar refractivity (Wildman–Crippen MR) is 131 cm³/mol. The number of ether oxygens (including phenoxy) is 1. The van der Waals surface area contributed by atoms with Gasteiger partial charge in [-0.25, -0.2) is 9.37 Å². The highest BCUT2D eigenvalue weighted by molar-refractivity contribution is 7.22. The summed E-state index contributed by atoms with van der Waals surface area (Å²) in [5.74, 6) is -2.91. The van der Waals surface area contributed by atoms with Gasteiger partial charge in [-0.2, -0.15) is 0 Å². The summed E-state index contributed by atoms with van der Waals surface area (Å²) in [5, 5.41) is 12.0. The van der Waals surface area contributed by atoms with E-state index in [9.17, 15) is 19.1 Å². The summed E-state index contributed by atoms with van der Waals surface area (Å²) in [6.07, 6.45) is 1.51. The van der Waals surface area contributed by atoms with E-state index in [0.29, 0.717) is 16.2 Å². The third-order valence-electron chi connectivity index (χ3n) is 5.69. The number of aliphatic hydroxyl groups excluding tert-OH is 1. The first kappa shape index (κ1) is 22.9. The Hall–Kier alpha value is -3.82. The number of fused-ring (bicyclic) bond motifs is 1. The van der Waals surface area contributed by atoms with Gasteiger partial charge in [-0.15, -0.1) is 0 Å². The third kappa shape index (κ3) is 3.82. The molecule has 0 aliphatic carbocycles. The van der Waals surface area contributed by atoms with Crippen LogP contribution < -0.4 is 9.64 Å². The number of halogens is 2. The molecule has 1 aliphatic rings. The van der Waals surface area contributed by atoms with Crippen LogP contribution in [0.2, 0.25) is 5.02 Å². The Morgan fingerprint density at radius 1 is 1.20 bits per heavy atom. The quantitative estimate of drug-likeness (QED) is 0.224. The van der Waals surface area contributed by atoms with Crippen LogP contribution in [-0.4, -0.2) is 33.9 Å². The molecule has 1 aliphatic heterocycles. The Morgan fingerprint density at radius 3 is 2.71 bits per heavy atom. The molecule has 7 nitrogen and oxygen atoms in total.